The van der Waals surface area contributed by atoms with E-state index < -0.39 is 27.8 Å². The molecule has 1 aromatic heterocycles. The summed E-state index contributed by atoms with van der Waals surface area (Å²) in [5, 5.41) is 13.3. The smallest absolute Gasteiger partial charge is 0.326 e. The van der Waals surface area contributed by atoms with Gasteiger partial charge in [0.05, 0.1) is 22.3 Å². The van der Waals surface area contributed by atoms with Crippen LogP contribution in [-0.4, -0.2) is 58.9 Å². The van der Waals surface area contributed by atoms with Crippen LogP contribution in [-0.2, 0) is 14.6 Å². The fourth-order valence-corrected chi connectivity index (χ4v) is 3.82. The number of aromatic nitrogens is 2. The van der Waals surface area contributed by atoms with Crippen LogP contribution in [0.5, 0.6) is 0 Å². The van der Waals surface area contributed by atoms with Crippen LogP contribution in [0.4, 0.5) is 0 Å². The lowest BCUT2D eigenvalue weighted by Gasteiger charge is -2.20. The predicted molar refractivity (Wildman–Crippen MR) is 88.4 cm³/mol. The van der Waals surface area contributed by atoms with Gasteiger partial charge < -0.3 is 10.0 Å². The SMILES string of the molecule is CS(=O)(=O)c1ccccc1-n1cc(C(=O)N2CCCC2C(=O)O)cn1. The lowest BCUT2D eigenvalue weighted by Crippen LogP contribution is -2.40. The van der Waals surface area contributed by atoms with E-state index in [1.165, 1.54) is 28.0 Å². The average Bonchev–Trinajstić information content (AvgIpc) is 3.23. The molecule has 25 heavy (non-hydrogen) atoms. The van der Waals surface area contributed by atoms with Crippen molar-refractivity contribution in [3.63, 3.8) is 0 Å². The summed E-state index contributed by atoms with van der Waals surface area (Å²) >= 11 is 0. The van der Waals surface area contributed by atoms with Crippen LogP contribution in [0.25, 0.3) is 5.69 Å². The van der Waals surface area contributed by atoms with Gasteiger partial charge in [0.2, 0.25) is 0 Å². The number of carbonyl (C=O) groups is 2. The van der Waals surface area contributed by atoms with Crippen molar-refractivity contribution in [1.29, 1.82) is 0 Å². The minimum atomic E-state index is -3.46. The number of para-hydroxylation sites is 1. The molecule has 1 fully saturated rings. The molecule has 1 aliphatic heterocycles. The zero-order valence-electron chi connectivity index (χ0n) is 13.5. The van der Waals surface area contributed by atoms with E-state index in [2.05, 4.69) is 5.10 Å². The molecule has 2 heterocycles. The molecule has 1 amide bonds. The number of amides is 1. The molecule has 1 atom stereocenters. The lowest BCUT2D eigenvalue weighted by atomic mass is 10.2. The maximum atomic E-state index is 12.6. The van der Waals surface area contributed by atoms with Gasteiger partial charge in [-0.1, -0.05) is 12.1 Å². The van der Waals surface area contributed by atoms with Crippen molar-refractivity contribution in [2.75, 3.05) is 12.8 Å². The molecule has 1 aromatic carbocycles. The van der Waals surface area contributed by atoms with Crippen LogP contribution >= 0.6 is 0 Å². The monoisotopic (exact) mass is 363 g/mol. The molecule has 2 aromatic rings. The quantitative estimate of drug-likeness (QED) is 0.867. The van der Waals surface area contributed by atoms with Gasteiger partial charge in [-0.15, -0.1) is 0 Å². The molecule has 0 radical (unpaired) electrons. The van der Waals surface area contributed by atoms with Crippen LogP contribution < -0.4 is 0 Å². The minimum Gasteiger partial charge on any atom is -0.480 e. The molecular weight excluding hydrogens is 346 g/mol. The number of carbonyl (C=O) groups excluding carboxylic acids is 1. The Kier molecular flexibility index (Phi) is 4.34. The second-order valence-electron chi connectivity index (χ2n) is 5.91. The summed E-state index contributed by atoms with van der Waals surface area (Å²) in [5.41, 5.74) is 0.553. The van der Waals surface area contributed by atoms with Gasteiger partial charge in [-0.2, -0.15) is 5.10 Å². The molecule has 9 heteroatoms. The maximum Gasteiger partial charge on any atom is 0.326 e. The zero-order chi connectivity index (χ0) is 18.2. The van der Waals surface area contributed by atoms with Crippen molar-refractivity contribution in [1.82, 2.24) is 14.7 Å². The van der Waals surface area contributed by atoms with Gasteiger partial charge in [0.15, 0.2) is 9.84 Å². The van der Waals surface area contributed by atoms with Crippen molar-refractivity contribution in [2.45, 2.75) is 23.8 Å². The Morgan fingerprint density at radius 1 is 1.28 bits per heavy atom. The first-order valence-electron chi connectivity index (χ1n) is 7.67. The summed E-state index contributed by atoms with van der Waals surface area (Å²) in [6.45, 7) is 0.376. The van der Waals surface area contributed by atoms with E-state index in [1.807, 2.05) is 0 Å². The van der Waals surface area contributed by atoms with Crippen LogP contribution in [0.3, 0.4) is 0 Å². The number of likely N-dealkylation sites (tertiary alicyclic amines) is 1. The molecule has 0 aliphatic carbocycles. The fourth-order valence-electron chi connectivity index (χ4n) is 2.96. The van der Waals surface area contributed by atoms with Crippen LogP contribution in [0.1, 0.15) is 23.2 Å². The van der Waals surface area contributed by atoms with E-state index in [0.29, 0.717) is 25.1 Å². The molecule has 8 nitrogen and oxygen atoms in total. The van der Waals surface area contributed by atoms with E-state index in [-0.39, 0.29) is 10.5 Å². The maximum absolute atomic E-state index is 12.6. The van der Waals surface area contributed by atoms with Crippen LogP contribution in [0, 0.1) is 0 Å². The molecule has 0 saturated carbocycles. The molecular formula is C16H17N3O5S. The second kappa shape index (κ2) is 6.32. The van der Waals surface area contributed by atoms with Crippen molar-refractivity contribution >= 4 is 21.7 Å². The minimum absolute atomic E-state index is 0.0988. The summed E-state index contributed by atoms with van der Waals surface area (Å²) in [5.74, 6) is -1.45. The van der Waals surface area contributed by atoms with Crippen molar-refractivity contribution in [3.05, 3.63) is 42.2 Å². The highest BCUT2D eigenvalue weighted by Gasteiger charge is 2.34. The molecule has 132 valence electrons. The Morgan fingerprint density at radius 2 is 2.00 bits per heavy atom. The highest BCUT2D eigenvalue weighted by atomic mass is 32.2. The molecule has 1 aliphatic rings. The topological polar surface area (TPSA) is 110 Å². The standard InChI is InChI=1S/C16H17N3O5S/c1-25(23,24)14-7-3-2-5-12(14)19-10-11(9-17-19)15(20)18-8-4-6-13(18)16(21)22/h2-3,5,7,9-10,13H,4,6,8H2,1H3,(H,21,22). The third kappa shape index (κ3) is 3.27. The predicted octanol–water partition coefficient (Wildman–Crippen LogP) is 0.965. The van der Waals surface area contributed by atoms with Gasteiger partial charge in [-0.05, 0) is 25.0 Å². The summed E-state index contributed by atoms with van der Waals surface area (Å²) in [6.07, 6.45) is 4.89. The molecule has 0 spiro atoms. The van der Waals surface area contributed by atoms with E-state index in [9.17, 15) is 23.1 Å². The normalized spacial score (nSPS) is 17.6. The number of nitrogens with zero attached hydrogens (tertiary/aromatic N) is 3. The number of carboxylic acid groups (broad SMARTS) is 1. The summed E-state index contributed by atoms with van der Waals surface area (Å²) in [4.78, 5) is 25.2. The zero-order valence-corrected chi connectivity index (χ0v) is 14.3. The highest BCUT2D eigenvalue weighted by molar-refractivity contribution is 7.90. The van der Waals surface area contributed by atoms with Gasteiger partial charge in [0.1, 0.15) is 6.04 Å². The second-order valence-corrected chi connectivity index (χ2v) is 7.89. The van der Waals surface area contributed by atoms with E-state index in [1.54, 1.807) is 18.2 Å². The third-order valence-corrected chi connectivity index (χ3v) is 5.28. The molecule has 3 rings (SSSR count). The fraction of sp³-hybridized carbons (Fsp3) is 0.312. The first-order chi connectivity index (χ1) is 11.8. The van der Waals surface area contributed by atoms with E-state index >= 15 is 0 Å². The van der Waals surface area contributed by atoms with Crippen LogP contribution in [0.15, 0.2) is 41.6 Å². The van der Waals surface area contributed by atoms with Gasteiger partial charge in [0.25, 0.3) is 5.91 Å². The van der Waals surface area contributed by atoms with Crippen molar-refractivity contribution in [3.8, 4) is 5.69 Å². The number of benzene rings is 1. The van der Waals surface area contributed by atoms with E-state index in [0.717, 1.165) is 6.26 Å². The number of carboxylic acids is 1. The number of aliphatic carboxylic acids is 1. The number of sulfone groups is 1. The van der Waals surface area contributed by atoms with Crippen molar-refractivity contribution < 1.29 is 23.1 Å². The molecule has 1 unspecified atom stereocenters. The van der Waals surface area contributed by atoms with Gasteiger partial charge in [-0.3, -0.25) is 4.79 Å². The summed E-state index contributed by atoms with van der Waals surface area (Å²) in [7, 11) is -3.46. The van der Waals surface area contributed by atoms with Gasteiger partial charge >= 0.3 is 5.97 Å². The Morgan fingerprint density at radius 3 is 2.68 bits per heavy atom. The first-order valence-corrected chi connectivity index (χ1v) is 9.56. The van der Waals surface area contributed by atoms with Crippen LogP contribution in [0.2, 0.25) is 0 Å². The summed E-state index contributed by atoms with van der Waals surface area (Å²) < 4.78 is 25.1. The number of rotatable bonds is 4. The largest absolute Gasteiger partial charge is 0.480 e. The average molecular weight is 363 g/mol. The lowest BCUT2D eigenvalue weighted by molar-refractivity contribution is -0.141. The molecule has 0 bridgehead atoms. The Balaban J connectivity index is 1.94. The summed E-state index contributed by atoms with van der Waals surface area (Å²) in [6, 6.07) is 5.51. The number of hydrogen-bond donors (Lipinski definition) is 1. The Bertz CT molecular complexity index is 935. The Hall–Kier alpha value is -2.68. The Labute approximate surface area is 144 Å². The third-order valence-electron chi connectivity index (χ3n) is 4.14. The van der Waals surface area contributed by atoms with E-state index in [4.69, 9.17) is 0 Å². The first kappa shape index (κ1) is 17.2. The number of hydrogen-bond acceptors (Lipinski definition) is 5. The highest BCUT2D eigenvalue weighted by Crippen LogP contribution is 2.22. The van der Waals surface area contributed by atoms with Crippen molar-refractivity contribution in [2.24, 2.45) is 0 Å². The van der Waals surface area contributed by atoms with Gasteiger partial charge in [0, 0.05) is 19.0 Å². The molecule has 1 N–H and O–H groups in total. The molecule has 1 saturated heterocycles. The van der Waals surface area contributed by atoms with Gasteiger partial charge in [-0.25, -0.2) is 17.9 Å².